The van der Waals surface area contributed by atoms with Crippen molar-refractivity contribution in [2.75, 3.05) is 0 Å². The molecule has 2 nitrogen and oxygen atoms in total. The number of halogens is 2. The lowest BCUT2D eigenvalue weighted by Crippen LogP contribution is -1.93. The summed E-state index contributed by atoms with van der Waals surface area (Å²) in [7, 11) is 0. The minimum Gasteiger partial charge on any atom is -0.478 e. The van der Waals surface area contributed by atoms with E-state index in [4.69, 9.17) is 5.11 Å². The first-order chi connectivity index (χ1) is 4.61. The summed E-state index contributed by atoms with van der Waals surface area (Å²) < 4.78 is 12.6. The maximum Gasteiger partial charge on any atom is 0.337 e. The van der Waals surface area contributed by atoms with E-state index in [0.717, 1.165) is 17.4 Å². The Morgan fingerprint density at radius 1 is 1.80 bits per heavy atom. The summed E-state index contributed by atoms with van der Waals surface area (Å²) in [4.78, 5) is 10.2. The third kappa shape index (κ3) is 1.35. The van der Waals surface area contributed by atoms with Crippen molar-refractivity contribution in [2.24, 2.45) is 0 Å². The Kier molecular flexibility index (Phi) is 2.05. The number of hydrogen-bond acceptors (Lipinski definition) is 2. The van der Waals surface area contributed by atoms with Crippen molar-refractivity contribution in [1.29, 1.82) is 0 Å². The van der Waals surface area contributed by atoms with Crippen LogP contribution in [0.2, 0.25) is 0 Å². The van der Waals surface area contributed by atoms with Crippen LogP contribution in [0.4, 0.5) is 4.39 Å². The molecular formula is C5H2BrFO2S. The lowest BCUT2D eigenvalue weighted by molar-refractivity contribution is 0.0696. The fraction of sp³-hybridized carbons (Fsp3) is 0. The Labute approximate surface area is 68.4 Å². The van der Waals surface area contributed by atoms with Crippen molar-refractivity contribution in [3.63, 3.8) is 0 Å². The first-order valence-electron chi connectivity index (χ1n) is 2.29. The molecule has 1 heterocycles. The van der Waals surface area contributed by atoms with Crippen LogP contribution in [0.25, 0.3) is 0 Å². The molecule has 54 valence electrons. The van der Waals surface area contributed by atoms with Gasteiger partial charge in [-0.2, -0.15) is 4.39 Å². The molecule has 0 unspecified atom stereocenters. The van der Waals surface area contributed by atoms with Crippen molar-refractivity contribution in [3.05, 3.63) is 20.5 Å². The normalized spacial score (nSPS) is 9.80. The Morgan fingerprint density at radius 2 is 2.40 bits per heavy atom. The maximum absolute atomic E-state index is 12.3. The van der Waals surface area contributed by atoms with Gasteiger partial charge in [0, 0.05) is 6.07 Å². The molecule has 1 rings (SSSR count). The van der Waals surface area contributed by atoms with Gasteiger partial charge in [0.1, 0.15) is 0 Å². The summed E-state index contributed by atoms with van der Waals surface area (Å²) in [6.45, 7) is 0. The molecule has 1 aromatic heterocycles. The first-order valence-corrected chi connectivity index (χ1v) is 3.90. The standard InChI is InChI=1S/C5H2BrFO2S/c6-4-2(5(8)9)1-3(7)10-4/h1H,(H,8,9). The minimum atomic E-state index is -1.12. The van der Waals surface area contributed by atoms with Crippen LogP contribution in [-0.2, 0) is 0 Å². The molecule has 1 aromatic rings. The zero-order valence-corrected chi connectivity index (χ0v) is 7.00. The molecule has 0 radical (unpaired) electrons. The monoisotopic (exact) mass is 224 g/mol. The van der Waals surface area contributed by atoms with Crippen molar-refractivity contribution in [2.45, 2.75) is 0 Å². The van der Waals surface area contributed by atoms with Crippen molar-refractivity contribution >= 4 is 33.2 Å². The van der Waals surface area contributed by atoms with Crippen LogP contribution < -0.4 is 0 Å². The van der Waals surface area contributed by atoms with Crippen LogP contribution in [0.15, 0.2) is 9.85 Å². The molecule has 0 saturated carbocycles. The van der Waals surface area contributed by atoms with E-state index < -0.39 is 11.1 Å². The van der Waals surface area contributed by atoms with Gasteiger partial charge in [-0.3, -0.25) is 0 Å². The van der Waals surface area contributed by atoms with Crippen LogP contribution in [0, 0.1) is 5.13 Å². The van der Waals surface area contributed by atoms with Gasteiger partial charge in [-0.25, -0.2) is 4.79 Å². The highest BCUT2D eigenvalue weighted by molar-refractivity contribution is 9.11. The molecule has 0 atom stereocenters. The molecule has 0 fully saturated rings. The number of rotatable bonds is 1. The lowest BCUT2D eigenvalue weighted by Gasteiger charge is -1.84. The predicted molar refractivity (Wildman–Crippen MR) is 38.9 cm³/mol. The zero-order chi connectivity index (χ0) is 7.72. The molecule has 0 spiro atoms. The van der Waals surface area contributed by atoms with Gasteiger partial charge in [0.2, 0.25) is 0 Å². The maximum atomic E-state index is 12.3. The van der Waals surface area contributed by atoms with Crippen molar-refractivity contribution in [3.8, 4) is 0 Å². The average Bonchev–Trinajstić information content (AvgIpc) is 2.10. The van der Waals surface area contributed by atoms with Crippen LogP contribution in [-0.4, -0.2) is 11.1 Å². The first kappa shape index (κ1) is 7.68. The number of aromatic carboxylic acids is 1. The molecule has 10 heavy (non-hydrogen) atoms. The quantitative estimate of drug-likeness (QED) is 0.796. The second kappa shape index (κ2) is 2.67. The van der Waals surface area contributed by atoms with Crippen molar-refractivity contribution < 1.29 is 14.3 Å². The number of carboxylic acids is 1. The van der Waals surface area contributed by atoms with E-state index in [1.54, 1.807) is 0 Å². The average molecular weight is 225 g/mol. The minimum absolute atomic E-state index is 0.0255. The third-order valence-corrected chi connectivity index (χ3v) is 2.51. The van der Waals surface area contributed by atoms with Gasteiger partial charge in [0.15, 0.2) is 5.13 Å². The lowest BCUT2D eigenvalue weighted by atomic mass is 10.3. The molecule has 0 aliphatic rings. The predicted octanol–water partition coefficient (Wildman–Crippen LogP) is 2.35. The van der Waals surface area contributed by atoms with E-state index in [2.05, 4.69) is 15.9 Å². The SMILES string of the molecule is O=C(O)c1cc(F)sc1Br. The molecule has 0 bridgehead atoms. The van der Waals surface area contributed by atoms with Gasteiger partial charge >= 0.3 is 5.97 Å². The summed E-state index contributed by atoms with van der Waals surface area (Å²) in [5, 5.41) is 7.89. The fourth-order valence-corrected chi connectivity index (χ4v) is 1.84. The highest BCUT2D eigenvalue weighted by Gasteiger charge is 2.12. The molecule has 5 heteroatoms. The molecule has 0 aliphatic heterocycles. The summed E-state index contributed by atoms with van der Waals surface area (Å²) in [5.41, 5.74) is -0.0255. The molecular weight excluding hydrogens is 223 g/mol. The molecule has 0 amide bonds. The summed E-state index contributed by atoms with van der Waals surface area (Å²) in [6, 6.07) is 0.983. The van der Waals surface area contributed by atoms with Gasteiger partial charge in [0.25, 0.3) is 0 Å². The van der Waals surface area contributed by atoms with E-state index in [-0.39, 0.29) is 5.56 Å². The summed E-state index contributed by atoms with van der Waals surface area (Å²) >= 11 is 3.68. The Balaban J connectivity index is 3.15. The van der Waals surface area contributed by atoms with E-state index in [1.165, 1.54) is 0 Å². The topological polar surface area (TPSA) is 37.3 Å². The molecule has 0 aromatic carbocycles. The van der Waals surface area contributed by atoms with E-state index >= 15 is 0 Å². The van der Waals surface area contributed by atoms with E-state index in [0.29, 0.717) is 3.79 Å². The van der Waals surface area contributed by atoms with Crippen LogP contribution in [0.1, 0.15) is 10.4 Å². The van der Waals surface area contributed by atoms with E-state index in [9.17, 15) is 9.18 Å². The molecule has 0 saturated heterocycles. The third-order valence-electron chi connectivity index (χ3n) is 0.887. The number of carbonyl (C=O) groups is 1. The fourth-order valence-electron chi connectivity index (χ4n) is 0.486. The zero-order valence-electron chi connectivity index (χ0n) is 4.60. The van der Waals surface area contributed by atoms with Gasteiger partial charge in [-0.1, -0.05) is 11.3 Å². The largest absolute Gasteiger partial charge is 0.478 e. The Morgan fingerprint density at radius 3 is 2.60 bits per heavy atom. The van der Waals surface area contributed by atoms with Gasteiger partial charge in [0.05, 0.1) is 9.35 Å². The molecule has 1 N–H and O–H groups in total. The van der Waals surface area contributed by atoms with Gasteiger partial charge in [-0.15, -0.1) is 0 Å². The second-order valence-electron chi connectivity index (χ2n) is 1.54. The summed E-state index contributed by atoms with van der Waals surface area (Å²) in [6.07, 6.45) is 0. The van der Waals surface area contributed by atoms with Gasteiger partial charge < -0.3 is 5.11 Å². The number of carboxylic acid groups (broad SMARTS) is 1. The molecule has 0 aliphatic carbocycles. The Bertz CT molecular complexity index is 271. The number of hydrogen-bond donors (Lipinski definition) is 1. The van der Waals surface area contributed by atoms with Crippen LogP contribution >= 0.6 is 27.3 Å². The van der Waals surface area contributed by atoms with Gasteiger partial charge in [-0.05, 0) is 15.9 Å². The van der Waals surface area contributed by atoms with Crippen LogP contribution in [0.3, 0.4) is 0 Å². The Hall–Kier alpha value is -0.420. The van der Waals surface area contributed by atoms with E-state index in [1.807, 2.05) is 0 Å². The highest BCUT2D eigenvalue weighted by Crippen LogP contribution is 2.26. The number of thiophene rings is 1. The second-order valence-corrected chi connectivity index (χ2v) is 3.86. The smallest absolute Gasteiger partial charge is 0.337 e. The van der Waals surface area contributed by atoms with Crippen molar-refractivity contribution in [1.82, 2.24) is 0 Å². The van der Waals surface area contributed by atoms with Crippen LogP contribution in [0.5, 0.6) is 0 Å². The summed E-state index contributed by atoms with van der Waals surface area (Å²) in [5.74, 6) is -1.12. The highest BCUT2D eigenvalue weighted by atomic mass is 79.9.